The Bertz CT molecular complexity index is 1880. The number of benzene rings is 2. The minimum absolute atomic E-state index is 0.0290. The third-order valence-electron chi connectivity index (χ3n) is 8.24. The number of fused-ring (bicyclic) bond motifs is 2. The van der Waals surface area contributed by atoms with E-state index in [9.17, 15) is 31.5 Å². The third kappa shape index (κ3) is 9.85. The molecular formula is C35H39F5N8O3. The Balaban J connectivity index is 0.000000198. The molecule has 0 saturated carbocycles. The number of aromatic nitrogens is 4. The van der Waals surface area contributed by atoms with E-state index in [1.165, 1.54) is 17.7 Å². The van der Waals surface area contributed by atoms with Crippen LogP contribution in [0.5, 0.6) is 5.75 Å². The van der Waals surface area contributed by atoms with Gasteiger partial charge in [-0.25, -0.2) is 18.7 Å². The maximum atomic E-state index is 12.8. The van der Waals surface area contributed by atoms with Gasteiger partial charge in [0.15, 0.2) is 5.69 Å². The fourth-order valence-corrected chi connectivity index (χ4v) is 5.85. The fourth-order valence-electron chi connectivity index (χ4n) is 5.85. The van der Waals surface area contributed by atoms with Gasteiger partial charge in [0.25, 0.3) is 18.2 Å². The number of nitrogens with zero attached hydrogens (tertiary/aromatic N) is 4. The summed E-state index contributed by atoms with van der Waals surface area (Å²) in [5.74, 6) is -1.78. The molecule has 6 N–H and O–H groups in total. The predicted molar refractivity (Wildman–Crippen MR) is 180 cm³/mol. The molecule has 1 unspecified atom stereocenters. The zero-order valence-electron chi connectivity index (χ0n) is 28.1. The minimum Gasteiger partial charge on any atom is -0.492 e. The Morgan fingerprint density at radius 3 is 2.27 bits per heavy atom. The molecule has 2 aromatic heterocycles. The average Bonchev–Trinajstić information content (AvgIpc) is 3.46. The monoisotopic (exact) mass is 714 g/mol. The van der Waals surface area contributed by atoms with Crippen molar-refractivity contribution in [3.05, 3.63) is 93.8 Å². The van der Waals surface area contributed by atoms with Crippen molar-refractivity contribution in [3.8, 4) is 5.75 Å². The topological polar surface area (TPSA) is 163 Å². The molecule has 2 amide bonds. The second-order valence-electron chi connectivity index (χ2n) is 12.6. The van der Waals surface area contributed by atoms with E-state index in [4.69, 9.17) is 16.2 Å². The molecule has 0 spiro atoms. The van der Waals surface area contributed by atoms with E-state index in [-0.39, 0.29) is 29.2 Å². The van der Waals surface area contributed by atoms with E-state index in [0.29, 0.717) is 35.8 Å². The lowest BCUT2D eigenvalue weighted by molar-refractivity contribution is -0.145. The molecule has 0 fully saturated rings. The lowest BCUT2D eigenvalue weighted by Crippen LogP contribution is -2.33. The number of nitrogens with two attached hydrogens (primary N) is 2. The van der Waals surface area contributed by atoms with Crippen LogP contribution in [0.1, 0.15) is 74.6 Å². The second kappa shape index (κ2) is 15.9. The fraction of sp³-hybridized carbons (Fsp3) is 0.400. The van der Waals surface area contributed by atoms with Gasteiger partial charge in [0.2, 0.25) is 5.82 Å². The third-order valence-corrected chi connectivity index (χ3v) is 8.24. The highest BCUT2D eigenvalue weighted by Gasteiger charge is 2.35. The Kier molecular flexibility index (Phi) is 11.7. The maximum absolute atomic E-state index is 12.8. The molecule has 1 aliphatic carbocycles. The van der Waals surface area contributed by atoms with Crippen LogP contribution in [-0.4, -0.2) is 56.7 Å². The Labute approximate surface area is 291 Å². The van der Waals surface area contributed by atoms with Crippen LogP contribution in [-0.2, 0) is 38.4 Å². The molecule has 16 heteroatoms. The normalized spacial score (nSPS) is 16.7. The van der Waals surface area contributed by atoms with Gasteiger partial charge in [-0.05, 0) is 86.1 Å². The zero-order valence-corrected chi connectivity index (χ0v) is 28.1. The van der Waals surface area contributed by atoms with Gasteiger partial charge in [-0.1, -0.05) is 25.5 Å². The van der Waals surface area contributed by atoms with Gasteiger partial charge in [-0.3, -0.25) is 14.3 Å². The molecule has 4 aromatic rings. The second-order valence-corrected chi connectivity index (χ2v) is 12.6. The number of anilines is 2. The van der Waals surface area contributed by atoms with E-state index >= 15 is 0 Å². The predicted octanol–water partition coefficient (Wildman–Crippen LogP) is 5.49. The molecule has 1 aliphatic heterocycles. The molecular weight excluding hydrogens is 675 g/mol. The summed E-state index contributed by atoms with van der Waals surface area (Å²) in [6.45, 7) is 3.24. The number of nitrogens with one attached hydrogen (secondary N) is 2. The summed E-state index contributed by atoms with van der Waals surface area (Å²) in [6, 6.07) is 13.7. The first kappa shape index (κ1) is 37.3. The van der Waals surface area contributed by atoms with E-state index in [1.807, 2.05) is 25.1 Å². The highest BCUT2D eigenvalue weighted by molar-refractivity contribution is 6.03. The number of amides is 2. The Morgan fingerprint density at radius 2 is 1.59 bits per heavy atom. The van der Waals surface area contributed by atoms with Gasteiger partial charge in [0.05, 0.1) is 0 Å². The first-order valence-electron chi connectivity index (χ1n) is 16.5. The summed E-state index contributed by atoms with van der Waals surface area (Å²) < 4.78 is 70.6. The van der Waals surface area contributed by atoms with Gasteiger partial charge in [0, 0.05) is 40.9 Å². The molecule has 2 atom stereocenters. The van der Waals surface area contributed by atoms with Crippen molar-refractivity contribution in [2.24, 2.45) is 11.5 Å². The summed E-state index contributed by atoms with van der Waals surface area (Å²) in [5.41, 5.74) is 16.6. The number of carbonyl (C=O) groups excluding carboxylic acids is 2. The van der Waals surface area contributed by atoms with Crippen LogP contribution < -0.4 is 26.8 Å². The molecule has 0 saturated heterocycles. The highest BCUT2D eigenvalue weighted by atomic mass is 19.4. The summed E-state index contributed by atoms with van der Waals surface area (Å²) in [4.78, 5) is 31.4. The van der Waals surface area contributed by atoms with Crippen LogP contribution in [0.4, 0.5) is 33.3 Å². The maximum Gasteiger partial charge on any atom is 0.451 e. The van der Waals surface area contributed by atoms with Gasteiger partial charge in [-0.15, -0.1) is 0 Å². The van der Waals surface area contributed by atoms with Gasteiger partial charge >= 0.3 is 6.18 Å². The van der Waals surface area contributed by atoms with Gasteiger partial charge in [-0.2, -0.15) is 18.3 Å². The van der Waals surface area contributed by atoms with Crippen LogP contribution in [0.2, 0.25) is 0 Å². The number of alkyl halides is 5. The van der Waals surface area contributed by atoms with Crippen LogP contribution in [0.25, 0.3) is 0 Å². The summed E-state index contributed by atoms with van der Waals surface area (Å²) in [5, 5.41) is 9.38. The van der Waals surface area contributed by atoms with Crippen molar-refractivity contribution < 1.29 is 36.3 Å². The Hall–Kier alpha value is -4.96. The Morgan fingerprint density at radius 1 is 0.922 bits per heavy atom. The SMILES string of the molecule is CCCc1cc(C(=O)Nc2ccc3c(c2)OCC(N)C3)nn1CC(F)F.Cc1cc(C(=O)Nc2ccc3c(c2)CC[C@H](N)C3)nc(C(F)(F)F)n1. The van der Waals surface area contributed by atoms with Crippen molar-refractivity contribution in [3.63, 3.8) is 0 Å². The minimum atomic E-state index is -4.70. The van der Waals surface area contributed by atoms with E-state index in [1.54, 1.807) is 24.3 Å². The molecule has 272 valence electrons. The van der Waals surface area contributed by atoms with Crippen molar-refractivity contribution in [2.75, 3.05) is 17.2 Å². The molecule has 6 rings (SSSR count). The summed E-state index contributed by atoms with van der Waals surface area (Å²) in [6.07, 6.45) is -2.68. The van der Waals surface area contributed by atoms with E-state index in [2.05, 4.69) is 25.7 Å². The number of rotatable bonds is 8. The number of hydrogen-bond acceptors (Lipinski definition) is 8. The quantitative estimate of drug-likeness (QED) is 0.174. The van der Waals surface area contributed by atoms with Crippen LogP contribution in [0, 0.1) is 6.92 Å². The molecule has 2 aliphatic rings. The molecule has 3 heterocycles. The standard InChI is InChI=1S/C18H22F2N4O2.C17H17F3N4O/c1-2-3-14-8-15(23-24(14)9-17(19)20)18(25)22-13-5-4-11-6-12(21)10-26-16(11)7-13;1-9-6-14(24-16(22-9)17(18,19)20)15(25)23-13-5-3-10-7-12(21)4-2-11(10)8-13/h4-5,7-8,12,17H,2-3,6,9-10,21H2,1H3,(H,22,25);3,5-6,8,12H,2,4,7,21H2,1H3,(H,23,25)/t;12-/m.0/s1. The largest absolute Gasteiger partial charge is 0.492 e. The van der Waals surface area contributed by atoms with Crippen molar-refractivity contribution in [1.82, 2.24) is 19.7 Å². The molecule has 11 nitrogen and oxygen atoms in total. The lowest BCUT2D eigenvalue weighted by atomic mass is 9.88. The first-order valence-corrected chi connectivity index (χ1v) is 16.5. The first-order chi connectivity index (χ1) is 24.2. The summed E-state index contributed by atoms with van der Waals surface area (Å²) >= 11 is 0. The number of hydrogen-bond donors (Lipinski definition) is 4. The number of carbonyl (C=O) groups is 2. The molecule has 0 bridgehead atoms. The smallest absolute Gasteiger partial charge is 0.451 e. The number of ether oxygens (including phenoxy) is 1. The van der Waals surface area contributed by atoms with Crippen molar-refractivity contribution in [1.29, 1.82) is 0 Å². The van der Waals surface area contributed by atoms with Crippen molar-refractivity contribution >= 4 is 23.2 Å². The van der Waals surface area contributed by atoms with E-state index < -0.39 is 36.8 Å². The number of halogens is 5. The van der Waals surface area contributed by atoms with Crippen LogP contribution >= 0.6 is 0 Å². The van der Waals surface area contributed by atoms with E-state index in [0.717, 1.165) is 48.8 Å². The molecule has 51 heavy (non-hydrogen) atoms. The molecule has 2 aromatic carbocycles. The lowest BCUT2D eigenvalue weighted by Gasteiger charge is -2.22. The zero-order chi connectivity index (χ0) is 36.9. The van der Waals surface area contributed by atoms with Crippen molar-refractivity contribution in [2.45, 2.75) is 83.6 Å². The van der Waals surface area contributed by atoms with Gasteiger partial charge in [0.1, 0.15) is 24.6 Å². The average molecular weight is 715 g/mol. The number of aryl methyl sites for hydroxylation is 3. The highest BCUT2D eigenvalue weighted by Crippen LogP contribution is 2.29. The van der Waals surface area contributed by atoms with Gasteiger partial charge < -0.3 is 26.8 Å². The molecule has 0 radical (unpaired) electrons. The summed E-state index contributed by atoms with van der Waals surface area (Å²) in [7, 11) is 0. The van der Waals surface area contributed by atoms with Crippen LogP contribution in [0.15, 0.2) is 48.5 Å². The van der Waals surface area contributed by atoms with Crippen LogP contribution in [0.3, 0.4) is 0 Å².